The predicted molar refractivity (Wildman–Crippen MR) is 77.2 cm³/mol. The quantitative estimate of drug-likeness (QED) is 0.836. The molecule has 1 aliphatic carbocycles. The Morgan fingerprint density at radius 3 is 2.70 bits per heavy atom. The molecule has 0 atom stereocenters. The summed E-state index contributed by atoms with van der Waals surface area (Å²) in [5, 5.41) is 8.75. The molecule has 0 aromatic heterocycles. The van der Waals surface area contributed by atoms with Crippen LogP contribution in [0, 0.1) is 0 Å². The second-order valence-electron chi connectivity index (χ2n) is 4.95. The molecule has 2 rings (SSSR count). The van der Waals surface area contributed by atoms with Gasteiger partial charge < -0.3 is 14.6 Å². The van der Waals surface area contributed by atoms with E-state index in [-0.39, 0.29) is 6.10 Å². The molecule has 0 aliphatic heterocycles. The summed E-state index contributed by atoms with van der Waals surface area (Å²) in [5.41, 5.74) is 0.734. The highest BCUT2D eigenvalue weighted by molar-refractivity contribution is 5.86. The van der Waals surface area contributed by atoms with Crippen LogP contribution in [0.25, 0.3) is 6.08 Å². The van der Waals surface area contributed by atoms with Crippen LogP contribution in [-0.4, -0.2) is 24.3 Å². The van der Waals surface area contributed by atoms with Crippen molar-refractivity contribution in [2.45, 2.75) is 38.2 Å². The summed E-state index contributed by atoms with van der Waals surface area (Å²) in [6, 6.07) is 5.46. The molecule has 108 valence electrons. The fourth-order valence-electron chi connectivity index (χ4n) is 2.41. The van der Waals surface area contributed by atoms with Gasteiger partial charge in [0.25, 0.3) is 0 Å². The Morgan fingerprint density at radius 2 is 2.05 bits per heavy atom. The molecule has 1 fully saturated rings. The van der Waals surface area contributed by atoms with Crippen LogP contribution in [0.3, 0.4) is 0 Å². The molecule has 0 heterocycles. The number of carboxylic acid groups (broad SMARTS) is 1. The largest absolute Gasteiger partial charge is 0.497 e. The number of ether oxygens (including phenoxy) is 2. The van der Waals surface area contributed by atoms with E-state index in [2.05, 4.69) is 0 Å². The summed E-state index contributed by atoms with van der Waals surface area (Å²) in [7, 11) is 1.59. The van der Waals surface area contributed by atoms with Gasteiger partial charge in [0.15, 0.2) is 0 Å². The van der Waals surface area contributed by atoms with Crippen molar-refractivity contribution in [2.75, 3.05) is 7.11 Å². The lowest BCUT2D eigenvalue weighted by molar-refractivity contribution is -0.131. The first-order chi connectivity index (χ1) is 9.69. The highest BCUT2D eigenvalue weighted by Gasteiger charge is 2.16. The van der Waals surface area contributed by atoms with Gasteiger partial charge >= 0.3 is 5.97 Å². The monoisotopic (exact) mass is 276 g/mol. The maximum atomic E-state index is 10.7. The van der Waals surface area contributed by atoms with Crippen molar-refractivity contribution in [3.63, 3.8) is 0 Å². The first kappa shape index (κ1) is 14.4. The molecule has 1 aromatic carbocycles. The molecule has 1 saturated carbocycles. The predicted octanol–water partition coefficient (Wildman–Crippen LogP) is 3.50. The molecule has 20 heavy (non-hydrogen) atoms. The lowest BCUT2D eigenvalue weighted by atomic mass is 9.97. The van der Waals surface area contributed by atoms with Crippen molar-refractivity contribution in [3.05, 3.63) is 29.8 Å². The summed E-state index contributed by atoms with van der Waals surface area (Å²) in [5.74, 6) is 0.428. The fourth-order valence-corrected chi connectivity index (χ4v) is 2.41. The lowest BCUT2D eigenvalue weighted by Gasteiger charge is -2.24. The average molecular weight is 276 g/mol. The van der Waals surface area contributed by atoms with Gasteiger partial charge in [-0.15, -0.1) is 0 Å². The molecule has 1 aromatic rings. The zero-order chi connectivity index (χ0) is 14.4. The van der Waals surface area contributed by atoms with Crippen LogP contribution in [0.4, 0.5) is 0 Å². The molecule has 0 saturated heterocycles. The van der Waals surface area contributed by atoms with Gasteiger partial charge in [-0.2, -0.15) is 0 Å². The first-order valence-corrected chi connectivity index (χ1v) is 6.95. The van der Waals surface area contributed by atoms with Gasteiger partial charge in [-0.25, -0.2) is 4.79 Å². The third-order valence-electron chi connectivity index (χ3n) is 3.47. The Balaban J connectivity index is 2.18. The molecule has 0 bridgehead atoms. The summed E-state index contributed by atoms with van der Waals surface area (Å²) >= 11 is 0. The van der Waals surface area contributed by atoms with Gasteiger partial charge in [0, 0.05) is 11.6 Å². The molecular formula is C16H20O4. The Bertz CT molecular complexity index is 487. The first-order valence-electron chi connectivity index (χ1n) is 6.95. The number of aliphatic carboxylic acids is 1. The summed E-state index contributed by atoms with van der Waals surface area (Å²) in [6.07, 6.45) is 8.68. The van der Waals surface area contributed by atoms with Crippen LogP contribution in [-0.2, 0) is 4.79 Å². The molecular weight excluding hydrogens is 256 g/mol. The average Bonchev–Trinajstić information content (AvgIpc) is 2.47. The van der Waals surface area contributed by atoms with Gasteiger partial charge in [0.2, 0.25) is 0 Å². The minimum atomic E-state index is -0.976. The van der Waals surface area contributed by atoms with Crippen molar-refractivity contribution >= 4 is 12.0 Å². The van der Waals surface area contributed by atoms with Crippen molar-refractivity contribution in [1.29, 1.82) is 0 Å². The Kier molecular flexibility index (Phi) is 5.04. The van der Waals surface area contributed by atoms with Crippen LogP contribution >= 0.6 is 0 Å². The lowest BCUT2D eigenvalue weighted by Crippen LogP contribution is -2.20. The molecule has 0 spiro atoms. The minimum absolute atomic E-state index is 0.231. The standard InChI is InChI=1S/C16H20O4/c1-19-14-8-9-15(12(11-14)7-10-16(17)18)20-13-5-3-2-4-6-13/h7-11,13H,2-6H2,1H3,(H,17,18)/b10-7+. The zero-order valence-corrected chi connectivity index (χ0v) is 11.7. The van der Waals surface area contributed by atoms with E-state index in [9.17, 15) is 4.79 Å². The number of rotatable bonds is 5. The topological polar surface area (TPSA) is 55.8 Å². The van der Waals surface area contributed by atoms with E-state index in [1.54, 1.807) is 19.3 Å². The van der Waals surface area contributed by atoms with Crippen LogP contribution in [0.15, 0.2) is 24.3 Å². The van der Waals surface area contributed by atoms with E-state index in [4.69, 9.17) is 14.6 Å². The van der Waals surface area contributed by atoms with Crippen LogP contribution in [0.5, 0.6) is 11.5 Å². The van der Waals surface area contributed by atoms with Crippen LogP contribution in [0.2, 0.25) is 0 Å². The summed E-state index contributed by atoms with van der Waals surface area (Å²) < 4.78 is 11.2. The van der Waals surface area contributed by atoms with E-state index in [1.807, 2.05) is 12.1 Å². The van der Waals surface area contributed by atoms with Crippen LogP contribution < -0.4 is 9.47 Å². The maximum absolute atomic E-state index is 10.7. The summed E-state index contributed by atoms with van der Waals surface area (Å²) in [4.78, 5) is 10.7. The van der Waals surface area contributed by atoms with Crippen molar-refractivity contribution in [1.82, 2.24) is 0 Å². The number of benzene rings is 1. The van der Waals surface area contributed by atoms with E-state index in [0.29, 0.717) is 5.75 Å². The van der Waals surface area contributed by atoms with E-state index >= 15 is 0 Å². The van der Waals surface area contributed by atoms with Gasteiger partial charge in [0.1, 0.15) is 11.5 Å². The van der Waals surface area contributed by atoms with Crippen molar-refractivity contribution in [3.8, 4) is 11.5 Å². The second-order valence-corrected chi connectivity index (χ2v) is 4.95. The van der Waals surface area contributed by atoms with Crippen LogP contribution in [0.1, 0.15) is 37.7 Å². The van der Waals surface area contributed by atoms with Gasteiger partial charge in [0.05, 0.1) is 13.2 Å². The third kappa shape index (κ3) is 4.02. The Labute approximate surface area is 119 Å². The normalized spacial score (nSPS) is 16.2. The van der Waals surface area contributed by atoms with Gasteiger partial charge in [-0.1, -0.05) is 6.42 Å². The molecule has 0 unspecified atom stereocenters. The maximum Gasteiger partial charge on any atom is 0.328 e. The highest BCUT2D eigenvalue weighted by Crippen LogP contribution is 2.29. The molecule has 4 heteroatoms. The van der Waals surface area contributed by atoms with E-state index in [0.717, 1.165) is 30.2 Å². The molecule has 0 radical (unpaired) electrons. The van der Waals surface area contributed by atoms with E-state index in [1.165, 1.54) is 19.3 Å². The zero-order valence-electron chi connectivity index (χ0n) is 11.7. The number of carboxylic acids is 1. The molecule has 1 aliphatic rings. The molecule has 0 amide bonds. The minimum Gasteiger partial charge on any atom is -0.497 e. The molecule has 1 N–H and O–H groups in total. The van der Waals surface area contributed by atoms with Gasteiger partial charge in [-0.3, -0.25) is 0 Å². The summed E-state index contributed by atoms with van der Waals surface area (Å²) in [6.45, 7) is 0. The number of hydrogen-bond acceptors (Lipinski definition) is 3. The fraction of sp³-hybridized carbons (Fsp3) is 0.438. The molecule has 4 nitrogen and oxygen atoms in total. The third-order valence-corrected chi connectivity index (χ3v) is 3.47. The van der Waals surface area contributed by atoms with Crippen molar-refractivity contribution < 1.29 is 19.4 Å². The highest BCUT2D eigenvalue weighted by atomic mass is 16.5. The van der Waals surface area contributed by atoms with E-state index < -0.39 is 5.97 Å². The smallest absolute Gasteiger partial charge is 0.328 e. The number of carbonyl (C=O) groups is 1. The Hall–Kier alpha value is -1.97. The number of methoxy groups -OCH3 is 1. The van der Waals surface area contributed by atoms with Gasteiger partial charge in [-0.05, 0) is 50.0 Å². The number of hydrogen-bond donors (Lipinski definition) is 1. The second kappa shape index (κ2) is 6.98. The Morgan fingerprint density at radius 1 is 1.30 bits per heavy atom. The SMILES string of the molecule is COc1ccc(OC2CCCCC2)c(/C=C/C(=O)O)c1. The van der Waals surface area contributed by atoms with Crippen molar-refractivity contribution in [2.24, 2.45) is 0 Å².